The molecule has 2 aliphatic rings. The summed E-state index contributed by atoms with van der Waals surface area (Å²) in [4.78, 5) is 15.6. The molecular formula is C27H30N2O4S. The van der Waals surface area contributed by atoms with E-state index in [1.807, 2.05) is 36.9 Å². The van der Waals surface area contributed by atoms with Crippen molar-refractivity contribution < 1.29 is 17.9 Å². The Kier molecular flexibility index (Phi) is 6.18. The monoisotopic (exact) mass is 478 g/mol. The van der Waals surface area contributed by atoms with Crippen LogP contribution in [0.3, 0.4) is 0 Å². The maximum atomic E-state index is 13.5. The van der Waals surface area contributed by atoms with Crippen LogP contribution in [-0.4, -0.2) is 55.4 Å². The molecule has 0 bridgehead atoms. The number of fused-ring (bicyclic) bond motifs is 1. The summed E-state index contributed by atoms with van der Waals surface area (Å²) in [6.07, 6.45) is 1.56. The number of likely N-dealkylation sites (tertiary alicyclic amines) is 1. The lowest BCUT2D eigenvalue weighted by atomic mass is 9.97. The number of benzene rings is 3. The van der Waals surface area contributed by atoms with E-state index in [4.69, 9.17) is 4.74 Å². The fourth-order valence-electron chi connectivity index (χ4n) is 5.29. The normalized spacial score (nSPS) is 23.9. The summed E-state index contributed by atoms with van der Waals surface area (Å²) in [5.74, 6) is -0.0620. The van der Waals surface area contributed by atoms with Crippen LogP contribution < -0.4 is 0 Å². The van der Waals surface area contributed by atoms with Gasteiger partial charge in [0.2, 0.25) is 10.0 Å². The molecule has 0 spiro atoms. The van der Waals surface area contributed by atoms with Gasteiger partial charge in [0.15, 0.2) is 0 Å². The molecule has 3 atom stereocenters. The zero-order valence-electron chi connectivity index (χ0n) is 19.6. The quantitative estimate of drug-likeness (QED) is 0.549. The van der Waals surface area contributed by atoms with Crippen molar-refractivity contribution in [1.82, 2.24) is 9.21 Å². The summed E-state index contributed by atoms with van der Waals surface area (Å²) in [5.41, 5.74) is 1.67. The SMILES string of the molecule is CC1CN(S(=O)(=O)c2ccc(C(=O)N3CCCC3c3cccc4ccccc34)cc2)CC(C)O1. The highest BCUT2D eigenvalue weighted by molar-refractivity contribution is 7.89. The minimum atomic E-state index is -3.64. The highest BCUT2D eigenvalue weighted by Gasteiger charge is 2.34. The summed E-state index contributed by atoms with van der Waals surface area (Å²) in [6.45, 7) is 5.10. The number of hydrogen-bond acceptors (Lipinski definition) is 4. The Morgan fingerprint density at radius 2 is 1.59 bits per heavy atom. The first-order valence-electron chi connectivity index (χ1n) is 11.9. The van der Waals surface area contributed by atoms with Gasteiger partial charge in [-0.25, -0.2) is 8.42 Å². The number of carbonyl (C=O) groups is 1. The van der Waals surface area contributed by atoms with Gasteiger partial charge in [0.05, 0.1) is 23.1 Å². The number of nitrogens with zero attached hydrogens (tertiary/aromatic N) is 2. The van der Waals surface area contributed by atoms with E-state index < -0.39 is 10.0 Å². The highest BCUT2D eigenvalue weighted by atomic mass is 32.2. The van der Waals surface area contributed by atoms with Crippen molar-refractivity contribution in [3.8, 4) is 0 Å². The van der Waals surface area contributed by atoms with Gasteiger partial charge in [-0.15, -0.1) is 0 Å². The van der Waals surface area contributed by atoms with Gasteiger partial charge in [-0.1, -0.05) is 42.5 Å². The molecule has 0 radical (unpaired) electrons. The Bertz CT molecular complexity index is 1290. The van der Waals surface area contributed by atoms with Crippen molar-refractivity contribution in [2.75, 3.05) is 19.6 Å². The first-order valence-corrected chi connectivity index (χ1v) is 13.3. The maximum absolute atomic E-state index is 13.5. The summed E-state index contributed by atoms with van der Waals surface area (Å²) in [5, 5.41) is 2.34. The van der Waals surface area contributed by atoms with Gasteiger partial charge in [-0.05, 0) is 67.3 Å². The summed E-state index contributed by atoms with van der Waals surface area (Å²) in [7, 11) is -3.64. The number of morpholine rings is 1. The molecule has 5 rings (SSSR count). The van der Waals surface area contributed by atoms with Crippen LogP contribution in [0.4, 0.5) is 0 Å². The van der Waals surface area contributed by atoms with Crippen LogP contribution in [-0.2, 0) is 14.8 Å². The number of rotatable bonds is 4. The molecule has 2 fully saturated rings. The Morgan fingerprint density at radius 3 is 2.32 bits per heavy atom. The molecule has 3 aromatic rings. The largest absolute Gasteiger partial charge is 0.373 e. The molecule has 0 N–H and O–H groups in total. The molecule has 3 unspecified atom stereocenters. The standard InChI is InChI=1S/C27H30N2O4S/c1-19-17-28(18-20(2)33-19)34(31,32)23-14-12-22(13-15-23)27(30)29-16-6-11-26(29)25-10-5-8-21-7-3-4-9-24(21)25/h3-5,7-10,12-15,19-20,26H,6,11,16-18H2,1-2H3. The van der Waals surface area contributed by atoms with Gasteiger partial charge >= 0.3 is 0 Å². The summed E-state index contributed by atoms with van der Waals surface area (Å²) >= 11 is 0. The highest BCUT2D eigenvalue weighted by Crippen LogP contribution is 2.37. The molecule has 6 nitrogen and oxygen atoms in total. The Balaban J connectivity index is 1.39. The molecule has 0 saturated carbocycles. The van der Waals surface area contributed by atoms with Gasteiger partial charge in [0.1, 0.15) is 0 Å². The van der Waals surface area contributed by atoms with E-state index in [1.165, 1.54) is 20.6 Å². The van der Waals surface area contributed by atoms with Crippen molar-refractivity contribution in [1.29, 1.82) is 0 Å². The molecule has 178 valence electrons. The predicted octanol–water partition coefficient (Wildman–Crippen LogP) is 4.62. The Hall–Kier alpha value is -2.74. The van der Waals surface area contributed by atoms with Gasteiger partial charge in [-0.2, -0.15) is 4.31 Å². The zero-order valence-corrected chi connectivity index (χ0v) is 20.4. The molecule has 2 heterocycles. The average Bonchev–Trinajstić information content (AvgIpc) is 3.32. The molecule has 2 aliphatic heterocycles. The first-order chi connectivity index (χ1) is 16.3. The van der Waals surface area contributed by atoms with Crippen molar-refractivity contribution in [3.63, 3.8) is 0 Å². The van der Waals surface area contributed by atoms with E-state index in [-0.39, 0.29) is 29.1 Å². The minimum absolute atomic E-state index is 0.0123. The number of sulfonamides is 1. The van der Waals surface area contributed by atoms with Crippen molar-refractivity contribution in [2.24, 2.45) is 0 Å². The van der Waals surface area contributed by atoms with Crippen LogP contribution in [0, 0.1) is 0 Å². The first kappa shape index (κ1) is 23.0. The fourth-order valence-corrected chi connectivity index (χ4v) is 6.88. The van der Waals surface area contributed by atoms with Crippen molar-refractivity contribution >= 4 is 26.7 Å². The number of ether oxygens (including phenoxy) is 1. The summed E-state index contributed by atoms with van der Waals surface area (Å²) < 4.78 is 33.4. The van der Waals surface area contributed by atoms with Gasteiger partial charge in [0, 0.05) is 25.2 Å². The van der Waals surface area contributed by atoms with Crippen LogP contribution in [0.5, 0.6) is 0 Å². The minimum Gasteiger partial charge on any atom is -0.373 e. The lowest BCUT2D eigenvalue weighted by Gasteiger charge is -2.34. The van der Waals surface area contributed by atoms with Gasteiger partial charge < -0.3 is 9.64 Å². The van der Waals surface area contributed by atoms with Crippen LogP contribution in [0.1, 0.15) is 48.7 Å². The van der Waals surface area contributed by atoms with Crippen LogP contribution in [0.2, 0.25) is 0 Å². The van der Waals surface area contributed by atoms with Crippen molar-refractivity contribution in [2.45, 2.75) is 49.8 Å². The van der Waals surface area contributed by atoms with Crippen LogP contribution in [0.25, 0.3) is 10.8 Å². The third kappa shape index (κ3) is 4.24. The van der Waals surface area contributed by atoms with Crippen LogP contribution >= 0.6 is 0 Å². The smallest absolute Gasteiger partial charge is 0.254 e. The molecule has 34 heavy (non-hydrogen) atoms. The van der Waals surface area contributed by atoms with Gasteiger partial charge in [-0.3, -0.25) is 4.79 Å². The van der Waals surface area contributed by atoms with Gasteiger partial charge in [0.25, 0.3) is 5.91 Å². The molecular weight excluding hydrogens is 448 g/mol. The number of hydrogen-bond donors (Lipinski definition) is 0. The second-order valence-corrected chi connectivity index (χ2v) is 11.3. The predicted molar refractivity (Wildman–Crippen MR) is 132 cm³/mol. The molecule has 0 aromatic heterocycles. The van der Waals surface area contributed by atoms with E-state index in [1.54, 1.807) is 24.3 Å². The molecule has 7 heteroatoms. The molecule has 0 aliphatic carbocycles. The number of amides is 1. The third-order valence-electron chi connectivity index (χ3n) is 6.82. The van der Waals surface area contributed by atoms with Crippen LogP contribution in [0.15, 0.2) is 71.6 Å². The second kappa shape index (κ2) is 9.13. The summed E-state index contributed by atoms with van der Waals surface area (Å²) in [6, 6.07) is 20.9. The topological polar surface area (TPSA) is 66.9 Å². The Labute approximate surface area is 201 Å². The lowest BCUT2D eigenvalue weighted by molar-refractivity contribution is -0.0440. The molecule has 1 amide bonds. The second-order valence-electron chi connectivity index (χ2n) is 9.33. The average molecular weight is 479 g/mol. The molecule has 2 saturated heterocycles. The van der Waals surface area contributed by atoms with Crippen molar-refractivity contribution in [3.05, 3.63) is 77.9 Å². The third-order valence-corrected chi connectivity index (χ3v) is 8.67. The van der Waals surface area contributed by atoms with E-state index >= 15 is 0 Å². The maximum Gasteiger partial charge on any atom is 0.254 e. The van der Waals surface area contributed by atoms with E-state index in [0.717, 1.165) is 12.8 Å². The van der Waals surface area contributed by atoms with E-state index in [0.29, 0.717) is 25.2 Å². The fraction of sp³-hybridized carbons (Fsp3) is 0.370. The Morgan fingerprint density at radius 1 is 0.912 bits per heavy atom. The number of carbonyl (C=O) groups excluding carboxylic acids is 1. The lowest BCUT2D eigenvalue weighted by Crippen LogP contribution is -2.48. The van der Waals surface area contributed by atoms with E-state index in [2.05, 4.69) is 24.3 Å². The molecule has 3 aromatic carbocycles. The van der Waals surface area contributed by atoms with E-state index in [9.17, 15) is 13.2 Å². The zero-order chi connectivity index (χ0) is 23.9.